The van der Waals surface area contributed by atoms with E-state index in [-0.39, 0.29) is 5.91 Å². The number of hydrogen-bond acceptors (Lipinski definition) is 2. The van der Waals surface area contributed by atoms with E-state index < -0.39 is 0 Å². The number of hydrogen-bond donors (Lipinski definition) is 1. The fourth-order valence-electron chi connectivity index (χ4n) is 2.99. The van der Waals surface area contributed by atoms with Crippen LogP contribution in [-0.2, 0) is 4.79 Å². The van der Waals surface area contributed by atoms with Crippen molar-refractivity contribution in [3.8, 4) is 0 Å². The maximum Gasteiger partial charge on any atom is 0.220 e. The summed E-state index contributed by atoms with van der Waals surface area (Å²) in [6, 6.07) is 0. The van der Waals surface area contributed by atoms with Gasteiger partial charge in [-0.25, -0.2) is 0 Å². The SMILES string of the molecule is CC1CCN(CCCNC(=O)CC2C=CCC2)CC1. The summed E-state index contributed by atoms with van der Waals surface area (Å²) < 4.78 is 0. The third kappa shape index (κ3) is 5.35. The van der Waals surface area contributed by atoms with E-state index in [1.54, 1.807) is 0 Å². The van der Waals surface area contributed by atoms with Crippen molar-refractivity contribution >= 4 is 5.91 Å². The first-order chi connectivity index (χ1) is 9.24. The van der Waals surface area contributed by atoms with Crippen LogP contribution in [0.3, 0.4) is 0 Å². The van der Waals surface area contributed by atoms with Crippen molar-refractivity contribution in [3.05, 3.63) is 12.2 Å². The summed E-state index contributed by atoms with van der Waals surface area (Å²) in [5.74, 6) is 1.61. The van der Waals surface area contributed by atoms with Crippen LogP contribution in [0.4, 0.5) is 0 Å². The summed E-state index contributed by atoms with van der Waals surface area (Å²) in [6.07, 6.45) is 11.1. The van der Waals surface area contributed by atoms with E-state index in [0.717, 1.165) is 38.3 Å². The summed E-state index contributed by atoms with van der Waals surface area (Å²) >= 11 is 0. The molecule has 19 heavy (non-hydrogen) atoms. The van der Waals surface area contributed by atoms with Crippen LogP contribution in [0.2, 0.25) is 0 Å². The van der Waals surface area contributed by atoms with E-state index in [1.165, 1.54) is 25.9 Å². The van der Waals surface area contributed by atoms with E-state index in [4.69, 9.17) is 0 Å². The molecule has 1 unspecified atom stereocenters. The fraction of sp³-hybridized carbons (Fsp3) is 0.812. The topological polar surface area (TPSA) is 32.3 Å². The molecule has 0 radical (unpaired) electrons. The molecule has 1 atom stereocenters. The van der Waals surface area contributed by atoms with Crippen molar-refractivity contribution in [2.24, 2.45) is 11.8 Å². The number of piperidine rings is 1. The molecule has 0 saturated carbocycles. The van der Waals surface area contributed by atoms with Crippen LogP contribution in [0.15, 0.2) is 12.2 Å². The zero-order chi connectivity index (χ0) is 13.5. The van der Waals surface area contributed by atoms with E-state index >= 15 is 0 Å². The largest absolute Gasteiger partial charge is 0.356 e. The highest BCUT2D eigenvalue weighted by molar-refractivity contribution is 5.76. The minimum absolute atomic E-state index is 0.226. The Bertz CT molecular complexity index is 306. The van der Waals surface area contributed by atoms with Crippen LogP contribution in [0.25, 0.3) is 0 Å². The van der Waals surface area contributed by atoms with Gasteiger partial charge < -0.3 is 10.2 Å². The third-order valence-electron chi connectivity index (χ3n) is 4.41. The van der Waals surface area contributed by atoms with Gasteiger partial charge in [0.25, 0.3) is 0 Å². The Morgan fingerprint density at radius 1 is 1.32 bits per heavy atom. The average molecular weight is 264 g/mol. The van der Waals surface area contributed by atoms with Crippen LogP contribution in [0.5, 0.6) is 0 Å². The Hall–Kier alpha value is -0.830. The van der Waals surface area contributed by atoms with Gasteiger partial charge in [0.1, 0.15) is 0 Å². The van der Waals surface area contributed by atoms with Gasteiger partial charge in [-0.1, -0.05) is 19.1 Å². The maximum atomic E-state index is 11.7. The molecular weight excluding hydrogens is 236 g/mol. The van der Waals surface area contributed by atoms with Gasteiger partial charge in [0, 0.05) is 13.0 Å². The summed E-state index contributed by atoms with van der Waals surface area (Å²) in [5, 5.41) is 3.06. The van der Waals surface area contributed by atoms with Crippen molar-refractivity contribution in [1.82, 2.24) is 10.2 Å². The Labute approximate surface area is 117 Å². The highest BCUT2D eigenvalue weighted by Crippen LogP contribution is 2.20. The van der Waals surface area contributed by atoms with Gasteiger partial charge in [-0.3, -0.25) is 4.79 Å². The molecule has 1 fully saturated rings. The van der Waals surface area contributed by atoms with Gasteiger partial charge in [0.2, 0.25) is 5.91 Å². The Morgan fingerprint density at radius 3 is 2.79 bits per heavy atom. The Kier molecular flexibility index (Phi) is 5.90. The second kappa shape index (κ2) is 7.68. The highest BCUT2D eigenvalue weighted by atomic mass is 16.1. The van der Waals surface area contributed by atoms with E-state index in [9.17, 15) is 4.79 Å². The van der Waals surface area contributed by atoms with E-state index in [1.807, 2.05) is 0 Å². The fourth-order valence-corrected chi connectivity index (χ4v) is 2.99. The van der Waals surface area contributed by atoms with Gasteiger partial charge >= 0.3 is 0 Å². The molecule has 1 saturated heterocycles. The molecule has 3 heteroatoms. The smallest absolute Gasteiger partial charge is 0.220 e. The summed E-state index contributed by atoms with van der Waals surface area (Å²) in [5.41, 5.74) is 0. The predicted molar refractivity (Wildman–Crippen MR) is 78.9 cm³/mol. The molecule has 108 valence electrons. The predicted octanol–water partition coefficient (Wildman–Crippen LogP) is 2.58. The number of carbonyl (C=O) groups excluding carboxylic acids is 1. The zero-order valence-electron chi connectivity index (χ0n) is 12.2. The molecular formula is C16H28N2O. The standard InChI is InChI=1S/C16H28N2O/c1-14-7-11-18(12-8-14)10-4-9-17-16(19)13-15-5-2-3-6-15/h2,5,14-15H,3-4,6-13H2,1H3,(H,17,19). The van der Waals surface area contributed by atoms with Gasteiger partial charge in [-0.2, -0.15) is 0 Å². The molecule has 0 bridgehead atoms. The van der Waals surface area contributed by atoms with Gasteiger partial charge in [-0.15, -0.1) is 0 Å². The van der Waals surface area contributed by atoms with Crippen LogP contribution in [0.1, 0.15) is 45.4 Å². The molecule has 2 rings (SSSR count). The highest BCUT2D eigenvalue weighted by Gasteiger charge is 2.15. The first-order valence-corrected chi connectivity index (χ1v) is 7.90. The lowest BCUT2D eigenvalue weighted by Gasteiger charge is -2.30. The van der Waals surface area contributed by atoms with Crippen LogP contribution >= 0.6 is 0 Å². The lowest BCUT2D eigenvalue weighted by atomic mass is 9.99. The van der Waals surface area contributed by atoms with Gasteiger partial charge in [0.15, 0.2) is 0 Å². The van der Waals surface area contributed by atoms with Crippen LogP contribution in [-0.4, -0.2) is 37.0 Å². The second-order valence-electron chi connectivity index (χ2n) is 6.20. The summed E-state index contributed by atoms with van der Waals surface area (Å²) in [6.45, 7) is 6.79. The van der Waals surface area contributed by atoms with E-state index in [0.29, 0.717) is 12.3 Å². The second-order valence-corrected chi connectivity index (χ2v) is 6.20. The Morgan fingerprint density at radius 2 is 2.11 bits per heavy atom. The molecule has 1 aliphatic carbocycles. The Balaban J connectivity index is 1.49. The zero-order valence-corrected chi connectivity index (χ0v) is 12.2. The number of likely N-dealkylation sites (tertiary alicyclic amines) is 1. The van der Waals surface area contributed by atoms with Gasteiger partial charge in [-0.05, 0) is 63.6 Å². The van der Waals surface area contributed by atoms with Crippen LogP contribution < -0.4 is 5.32 Å². The maximum absolute atomic E-state index is 11.7. The number of nitrogens with zero attached hydrogens (tertiary/aromatic N) is 1. The van der Waals surface area contributed by atoms with Gasteiger partial charge in [0.05, 0.1) is 0 Å². The third-order valence-corrected chi connectivity index (χ3v) is 4.41. The normalized spacial score (nSPS) is 24.8. The molecule has 0 aromatic heterocycles. The van der Waals surface area contributed by atoms with Crippen molar-refractivity contribution in [3.63, 3.8) is 0 Å². The molecule has 0 aromatic carbocycles. The van der Waals surface area contributed by atoms with Crippen molar-refractivity contribution in [1.29, 1.82) is 0 Å². The molecule has 0 aromatic rings. The number of carbonyl (C=O) groups is 1. The first-order valence-electron chi connectivity index (χ1n) is 7.90. The molecule has 2 aliphatic rings. The minimum atomic E-state index is 0.226. The summed E-state index contributed by atoms with van der Waals surface area (Å²) in [4.78, 5) is 14.3. The number of nitrogens with one attached hydrogen (secondary N) is 1. The molecule has 0 spiro atoms. The lowest BCUT2D eigenvalue weighted by Crippen LogP contribution is -2.35. The molecule has 1 heterocycles. The molecule has 3 nitrogen and oxygen atoms in total. The number of amides is 1. The molecule has 1 aliphatic heterocycles. The van der Waals surface area contributed by atoms with Crippen molar-refractivity contribution in [2.45, 2.75) is 45.4 Å². The number of allylic oxidation sites excluding steroid dienone is 2. The first kappa shape index (κ1) is 14.6. The van der Waals surface area contributed by atoms with Crippen molar-refractivity contribution < 1.29 is 4.79 Å². The monoisotopic (exact) mass is 264 g/mol. The molecule has 1 N–H and O–H groups in total. The molecule has 1 amide bonds. The van der Waals surface area contributed by atoms with Crippen molar-refractivity contribution in [2.75, 3.05) is 26.2 Å². The summed E-state index contributed by atoms with van der Waals surface area (Å²) in [7, 11) is 0. The van der Waals surface area contributed by atoms with E-state index in [2.05, 4.69) is 29.3 Å². The van der Waals surface area contributed by atoms with Crippen LogP contribution in [0, 0.1) is 11.8 Å². The quantitative estimate of drug-likeness (QED) is 0.591. The average Bonchev–Trinajstić information content (AvgIpc) is 2.89. The number of rotatable bonds is 6. The minimum Gasteiger partial charge on any atom is -0.356 e. The lowest BCUT2D eigenvalue weighted by molar-refractivity contribution is -0.121.